The van der Waals surface area contributed by atoms with E-state index in [1.54, 1.807) is 24.3 Å². The number of H-pyrrole nitrogens is 1. The van der Waals surface area contributed by atoms with Crippen LogP contribution in [0.5, 0.6) is 0 Å². The molecule has 0 aliphatic carbocycles. The Bertz CT molecular complexity index is 1830. The van der Waals surface area contributed by atoms with Crippen LogP contribution in [0, 0.1) is 19.9 Å². The van der Waals surface area contributed by atoms with Crippen molar-refractivity contribution in [3.63, 3.8) is 0 Å². The number of esters is 1. The van der Waals surface area contributed by atoms with Gasteiger partial charge in [-0.05, 0) is 111 Å². The van der Waals surface area contributed by atoms with Gasteiger partial charge in [-0.2, -0.15) is 0 Å². The second-order valence-electron chi connectivity index (χ2n) is 11.6. The van der Waals surface area contributed by atoms with Gasteiger partial charge in [-0.3, -0.25) is 9.52 Å². The van der Waals surface area contributed by atoms with Crippen LogP contribution < -0.4 is 10.0 Å². The molecule has 7 nitrogen and oxygen atoms in total. The molecule has 4 aromatic carbocycles. The van der Waals surface area contributed by atoms with Crippen molar-refractivity contribution in [1.82, 2.24) is 10.3 Å². The third-order valence-electron chi connectivity index (χ3n) is 7.78. The molecule has 0 amide bonds. The van der Waals surface area contributed by atoms with E-state index in [9.17, 15) is 13.2 Å². The maximum atomic E-state index is 13.3. The Morgan fingerprint density at radius 1 is 0.956 bits per heavy atom. The molecule has 0 spiro atoms. The molecule has 0 saturated heterocycles. The predicted molar refractivity (Wildman–Crippen MR) is 182 cm³/mol. The quantitative estimate of drug-likeness (QED) is 0.0909. The molecule has 0 saturated carbocycles. The van der Waals surface area contributed by atoms with Crippen LogP contribution in [-0.4, -0.2) is 38.7 Å². The number of benzene rings is 4. The molecule has 45 heavy (non-hydrogen) atoms. The number of nitrogens with one attached hydrogen (secondary N) is 3. The van der Waals surface area contributed by atoms with E-state index in [0.717, 1.165) is 54.5 Å². The molecule has 3 N–H and O–H groups in total. The van der Waals surface area contributed by atoms with Gasteiger partial charge in [-0.1, -0.05) is 65.7 Å². The number of fused-ring (bicyclic) bond motifs is 1. The van der Waals surface area contributed by atoms with Crippen LogP contribution in [0.3, 0.4) is 0 Å². The molecular weight excluding hydrogens is 582 g/mol. The van der Waals surface area contributed by atoms with E-state index in [-0.39, 0.29) is 12.6 Å². The Labute approximate surface area is 266 Å². The Hall–Kier alpha value is -4.40. The molecule has 1 aromatic heterocycles. The zero-order chi connectivity index (χ0) is 31.8. The Morgan fingerprint density at radius 2 is 1.69 bits per heavy atom. The van der Waals surface area contributed by atoms with Gasteiger partial charge in [0.1, 0.15) is 6.61 Å². The number of ether oxygens (including phenoxy) is 1. The van der Waals surface area contributed by atoms with E-state index in [1.807, 2.05) is 36.4 Å². The number of anilines is 1. The summed E-state index contributed by atoms with van der Waals surface area (Å²) >= 11 is 0. The summed E-state index contributed by atoms with van der Waals surface area (Å²) in [6.07, 6.45) is 3.31. The number of aromatic nitrogens is 1. The normalized spacial score (nSPS) is 12.2. The second kappa shape index (κ2) is 14.6. The summed E-state index contributed by atoms with van der Waals surface area (Å²) in [6, 6.07) is 32.5. The third-order valence-corrected chi connectivity index (χ3v) is 8.39. The van der Waals surface area contributed by atoms with Gasteiger partial charge in [0.25, 0.3) is 0 Å². The van der Waals surface area contributed by atoms with Gasteiger partial charge in [0.15, 0.2) is 0 Å². The highest BCUT2D eigenvalue weighted by molar-refractivity contribution is 7.92. The first-order valence-electron chi connectivity index (χ1n) is 15.2. The fraction of sp³-hybridized carbons (Fsp3) is 0.270. The number of aromatic amines is 1. The molecule has 5 rings (SSSR count). The molecule has 0 bridgehead atoms. The number of rotatable bonds is 14. The Kier molecular flexibility index (Phi) is 10.4. The molecular formula is C37H40N3O4S. The summed E-state index contributed by atoms with van der Waals surface area (Å²) in [5.74, 6) is -0.765. The van der Waals surface area contributed by atoms with Crippen molar-refractivity contribution < 1.29 is 17.9 Å². The highest BCUT2D eigenvalue weighted by Gasteiger charge is 2.22. The van der Waals surface area contributed by atoms with Crippen LogP contribution in [0.1, 0.15) is 46.6 Å². The number of aryl methyl sites for hydroxylation is 2. The molecule has 1 unspecified atom stereocenters. The van der Waals surface area contributed by atoms with Crippen molar-refractivity contribution in [2.45, 2.75) is 45.6 Å². The van der Waals surface area contributed by atoms with Crippen LogP contribution in [0.2, 0.25) is 0 Å². The van der Waals surface area contributed by atoms with Gasteiger partial charge in [0.05, 0.1) is 12.2 Å². The van der Waals surface area contributed by atoms with Gasteiger partial charge in [0, 0.05) is 22.3 Å². The Morgan fingerprint density at radius 3 is 2.40 bits per heavy atom. The second-order valence-corrected chi connectivity index (χ2v) is 13.4. The Balaban J connectivity index is 1.22. The van der Waals surface area contributed by atoms with Gasteiger partial charge in [-0.15, -0.1) is 0 Å². The monoisotopic (exact) mass is 622 g/mol. The molecule has 0 aliphatic heterocycles. The lowest BCUT2D eigenvalue weighted by atomic mass is 9.94. The van der Waals surface area contributed by atoms with Gasteiger partial charge in [-0.25, -0.2) is 8.42 Å². The first kappa shape index (κ1) is 32.0. The maximum Gasteiger partial charge on any atom is 0.313 e. The number of hydrogen-bond donors (Lipinski definition) is 3. The lowest BCUT2D eigenvalue weighted by molar-refractivity contribution is -0.147. The van der Waals surface area contributed by atoms with E-state index in [0.29, 0.717) is 12.1 Å². The van der Waals surface area contributed by atoms with Crippen molar-refractivity contribution in [3.8, 4) is 11.3 Å². The average Bonchev–Trinajstić information content (AvgIpc) is 3.38. The predicted octanol–water partition coefficient (Wildman–Crippen LogP) is 7.06. The summed E-state index contributed by atoms with van der Waals surface area (Å²) in [5.41, 5.74) is 9.34. The molecule has 0 fully saturated rings. The van der Waals surface area contributed by atoms with Gasteiger partial charge in [0.2, 0.25) is 10.0 Å². The first-order chi connectivity index (χ1) is 21.7. The highest BCUT2D eigenvalue weighted by atomic mass is 32.2. The van der Waals surface area contributed by atoms with E-state index < -0.39 is 15.9 Å². The molecule has 1 radical (unpaired) electrons. The minimum Gasteiger partial charge on any atom is -0.460 e. The van der Waals surface area contributed by atoms with Crippen molar-refractivity contribution in [2.75, 3.05) is 24.1 Å². The number of carbonyl (C=O) groups is 1. The van der Waals surface area contributed by atoms with E-state index >= 15 is 0 Å². The smallest absolute Gasteiger partial charge is 0.313 e. The van der Waals surface area contributed by atoms with Crippen LogP contribution in [0.15, 0.2) is 91.0 Å². The third kappa shape index (κ3) is 8.84. The van der Waals surface area contributed by atoms with E-state index in [2.05, 4.69) is 65.3 Å². The number of carbonyl (C=O) groups excluding carboxylic acids is 1. The first-order valence-corrected chi connectivity index (χ1v) is 17.1. The van der Waals surface area contributed by atoms with Crippen molar-refractivity contribution in [3.05, 3.63) is 125 Å². The summed E-state index contributed by atoms with van der Waals surface area (Å²) in [4.78, 5) is 16.9. The zero-order valence-corrected chi connectivity index (χ0v) is 26.8. The number of hydrogen-bond acceptors (Lipinski definition) is 5. The summed E-state index contributed by atoms with van der Waals surface area (Å²) < 4.78 is 31.5. The number of sulfonamides is 1. The minimum atomic E-state index is -3.39. The topological polar surface area (TPSA) is 100 Å². The molecule has 1 heterocycles. The molecule has 0 aliphatic rings. The molecule has 1 atom stereocenters. The average molecular weight is 623 g/mol. The fourth-order valence-corrected chi connectivity index (χ4v) is 6.34. The van der Waals surface area contributed by atoms with Gasteiger partial charge < -0.3 is 15.0 Å². The van der Waals surface area contributed by atoms with Crippen molar-refractivity contribution >= 4 is 32.6 Å². The van der Waals surface area contributed by atoms with Crippen LogP contribution >= 0.6 is 0 Å². The largest absolute Gasteiger partial charge is 0.460 e. The van der Waals surface area contributed by atoms with Crippen molar-refractivity contribution in [1.29, 1.82) is 0 Å². The fourth-order valence-electron chi connectivity index (χ4n) is 5.78. The minimum absolute atomic E-state index is 0.201. The van der Waals surface area contributed by atoms with Crippen LogP contribution in [0.25, 0.3) is 22.2 Å². The maximum absolute atomic E-state index is 13.3. The van der Waals surface area contributed by atoms with Crippen LogP contribution in [0.4, 0.5) is 5.69 Å². The summed E-state index contributed by atoms with van der Waals surface area (Å²) in [6.45, 7) is 5.98. The molecule has 233 valence electrons. The summed E-state index contributed by atoms with van der Waals surface area (Å²) in [7, 11) is -3.39. The standard InChI is InChI=1S/C37H40N3O4S/c1-26-22-27(2)24-30(23-26)36-34(33-12-7-8-14-35(33)39-36)19-21-38-20-9-13-32(37(41)44-25-28-10-5-4-6-11-28)29-15-17-31(18-16-29)40-45(3,42)43/h4-6,8,10-12,14-18,22-24,32,38-40H,9,13,19-21,25H2,1-3H3. The van der Waals surface area contributed by atoms with Crippen LogP contribution in [-0.2, 0) is 32.6 Å². The highest BCUT2D eigenvalue weighted by Crippen LogP contribution is 2.32. The lowest BCUT2D eigenvalue weighted by Crippen LogP contribution is -2.21. The van der Waals surface area contributed by atoms with E-state index in [1.165, 1.54) is 27.6 Å². The van der Waals surface area contributed by atoms with Gasteiger partial charge >= 0.3 is 5.97 Å². The lowest BCUT2D eigenvalue weighted by Gasteiger charge is -2.17. The van der Waals surface area contributed by atoms with Crippen molar-refractivity contribution in [2.24, 2.45) is 0 Å². The molecule has 5 aromatic rings. The summed E-state index contributed by atoms with van der Waals surface area (Å²) in [5, 5.41) is 4.76. The molecule has 8 heteroatoms. The zero-order valence-electron chi connectivity index (χ0n) is 26.0. The van der Waals surface area contributed by atoms with E-state index in [4.69, 9.17) is 4.74 Å². The SMILES string of the molecule is Cc1cc(C)cc(-c2[nH]c3cc[c]cc3c2CCNCCCC(C(=O)OCc2ccccc2)c2ccc(NS(C)(=O)=O)cc2)c1.